The molecule has 5 nitrogen and oxygen atoms in total. The van der Waals surface area contributed by atoms with Crippen molar-refractivity contribution in [2.24, 2.45) is 5.92 Å². The summed E-state index contributed by atoms with van der Waals surface area (Å²) in [5, 5.41) is 12.0. The highest BCUT2D eigenvalue weighted by molar-refractivity contribution is 7.99. The summed E-state index contributed by atoms with van der Waals surface area (Å²) in [7, 11) is 0. The molecule has 0 spiro atoms. The highest BCUT2D eigenvalue weighted by Gasteiger charge is 2.21. The number of hydrogen-bond donors (Lipinski definition) is 1. The lowest BCUT2D eigenvalue weighted by molar-refractivity contribution is -0.120. The molecule has 0 aliphatic carbocycles. The Hall–Kier alpha value is -1.89. The molecule has 0 radical (unpaired) electrons. The normalized spacial score (nSPS) is 11.8. The second kappa shape index (κ2) is 8.66. The standard InChI is InChI=1S/C19H27FN4OS/c1-6-19(4,5)21-16(25)12-26-18-23-22-17(24(18)11-13(2)3)14-9-7-8-10-15(14)20/h7-10,13H,6,11-12H2,1-5H3,(H,21,25). The first-order valence-corrected chi connectivity index (χ1v) is 9.84. The molecule has 26 heavy (non-hydrogen) atoms. The third-order valence-electron chi connectivity index (χ3n) is 4.07. The van der Waals surface area contributed by atoms with Crippen molar-refractivity contribution >= 4 is 17.7 Å². The van der Waals surface area contributed by atoms with Crippen LogP contribution in [0.4, 0.5) is 4.39 Å². The van der Waals surface area contributed by atoms with Crippen molar-refractivity contribution in [1.82, 2.24) is 20.1 Å². The minimum atomic E-state index is -0.330. The summed E-state index contributed by atoms with van der Waals surface area (Å²) in [5.41, 5.74) is 0.186. The number of hydrogen-bond acceptors (Lipinski definition) is 4. The molecule has 1 N–H and O–H groups in total. The summed E-state index contributed by atoms with van der Waals surface area (Å²) in [6.45, 7) is 10.8. The van der Waals surface area contributed by atoms with Gasteiger partial charge in [-0.3, -0.25) is 4.79 Å². The molecule has 1 aromatic carbocycles. The molecule has 0 unspecified atom stereocenters. The first-order chi connectivity index (χ1) is 12.2. The maximum atomic E-state index is 14.2. The van der Waals surface area contributed by atoms with Crippen LogP contribution >= 0.6 is 11.8 Å². The van der Waals surface area contributed by atoms with E-state index in [4.69, 9.17) is 0 Å². The lowest BCUT2D eigenvalue weighted by atomic mass is 10.0. The monoisotopic (exact) mass is 378 g/mol. The van der Waals surface area contributed by atoms with Crippen molar-refractivity contribution in [2.45, 2.75) is 58.3 Å². The van der Waals surface area contributed by atoms with Gasteiger partial charge in [0.25, 0.3) is 0 Å². The van der Waals surface area contributed by atoms with E-state index < -0.39 is 0 Å². The van der Waals surface area contributed by atoms with Crippen LogP contribution < -0.4 is 5.32 Å². The van der Waals surface area contributed by atoms with Crippen LogP contribution in [0.25, 0.3) is 11.4 Å². The summed E-state index contributed by atoms with van der Waals surface area (Å²) in [6, 6.07) is 6.54. The summed E-state index contributed by atoms with van der Waals surface area (Å²) in [5.74, 6) is 0.700. The molecule has 1 aromatic heterocycles. The van der Waals surface area contributed by atoms with Crippen LogP contribution in [0.2, 0.25) is 0 Å². The van der Waals surface area contributed by atoms with Crippen molar-refractivity contribution < 1.29 is 9.18 Å². The van der Waals surface area contributed by atoms with E-state index in [0.717, 1.165) is 6.42 Å². The van der Waals surface area contributed by atoms with E-state index >= 15 is 0 Å². The zero-order valence-corrected chi connectivity index (χ0v) is 16.9. The minimum absolute atomic E-state index is 0.0478. The summed E-state index contributed by atoms with van der Waals surface area (Å²) in [6.07, 6.45) is 0.852. The van der Waals surface area contributed by atoms with E-state index in [1.165, 1.54) is 17.8 Å². The van der Waals surface area contributed by atoms with Gasteiger partial charge >= 0.3 is 0 Å². The van der Waals surface area contributed by atoms with Crippen molar-refractivity contribution in [3.63, 3.8) is 0 Å². The molecule has 0 saturated heterocycles. The largest absolute Gasteiger partial charge is 0.351 e. The van der Waals surface area contributed by atoms with Gasteiger partial charge < -0.3 is 9.88 Å². The van der Waals surface area contributed by atoms with E-state index in [1.807, 2.05) is 25.3 Å². The van der Waals surface area contributed by atoms with E-state index in [0.29, 0.717) is 29.0 Å². The molecular formula is C19H27FN4OS. The first kappa shape index (κ1) is 20.4. The average Bonchev–Trinajstić information content (AvgIpc) is 2.95. The van der Waals surface area contributed by atoms with Crippen LogP contribution in [0.15, 0.2) is 29.4 Å². The lowest BCUT2D eigenvalue weighted by Gasteiger charge is -2.24. The Bertz CT molecular complexity index is 758. The molecule has 1 amide bonds. The van der Waals surface area contributed by atoms with Gasteiger partial charge in [-0.05, 0) is 38.3 Å². The molecular weight excluding hydrogens is 351 g/mol. The van der Waals surface area contributed by atoms with E-state index in [1.54, 1.807) is 18.2 Å². The predicted octanol–water partition coefficient (Wildman–Crippen LogP) is 4.14. The fourth-order valence-corrected chi connectivity index (χ4v) is 3.15. The summed E-state index contributed by atoms with van der Waals surface area (Å²) in [4.78, 5) is 12.2. The van der Waals surface area contributed by atoms with Crippen LogP contribution in [0.1, 0.15) is 41.0 Å². The molecule has 142 valence electrons. The van der Waals surface area contributed by atoms with E-state index in [2.05, 4.69) is 29.4 Å². The number of nitrogens with zero attached hydrogens (tertiary/aromatic N) is 3. The fourth-order valence-electron chi connectivity index (χ4n) is 2.40. The highest BCUT2D eigenvalue weighted by Crippen LogP contribution is 2.27. The van der Waals surface area contributed by atoms with E-state index in [9.17, 15) is 9.18 Å². The Labute approximate surface area is 158 Å². The molecule has 0 atom stereocenters. The van der Waals surface area contributed by atoms with Crippen molar-refractivity contribution in [1.29, 1.82) is 0 Å². The number of carbonyl (C=O) groups is 1. The number of benzene rings is 1. The van der Waals surface area contributed by atoms with Gasteiger partial charge in [0.15, 0.2) is 11.0 Å². The molecule has 2 rings (SSSR count). The fraction of sp³-hybridized carbons (Fsp3) is 0.526. The maximum absolute atomic E-state index is 14.2. The van der Waals surface area contributed by atoms with Crippen LogP contribution in [0.3, 0.4) is 0 Å². The second-order valence-corrected chi connectivity index (χ2v) is 8.31. The van der Waals surface area contributed by atoms with Gasteiger partial charge in [-0.15, -0.1) is 10.2 Å². The smallest absolute Gasteiger partial charge is 0.230 e. The summed E-state index contributed by atoms with van der Waals surface area (Å²) < 4.78 is 16.1. The Morgan fingerprint density at radius 2 is 2.00 bits per heavy atom. The van der Waals surface area contributed by atoms with Crippen molar-refractivity contribution in [2.75, 3.05) is 5.75 Å². The maximum Gasteiger partial charge on any atom is 0.230 e. The van der Waals surface area contributed by atoms with Gasteiger partial charge in [-0.2, -0.15) is 0 Å². The summed E-state index contributed by atoms with van der Waals surface area (Å²) >= 11 is 1.32. The second-order valence-electron chi connectivity index (χ2n) is 7.36. The van der Waals surface area contributed by atoms with Gasteiger partial charge in [0.1, 0.15) is 5.82 Å². The van der Waals surface area contributed by atoms with Crippen LogP contribution in [0, 0.1) is 11.7 Å². The molecule has 0 fully saturated rings. The third-order valence-corrected chi connectivity index (χ3v) is 5.04. The Balaban J connectivity index is 2.21. The van der Waals surface area contributed by atoms with Crippen LogP contribution in [-0.2, 0) is 11.3 Å². The topological polar surface area (TPSA) is 59.8 Å². The molecule has 0 saturated carbocycles. The Kier molecular flexibility index (Phi) is 6.81. The number of thioether (sulfide) groups is 1. The number of halogens is 1. The Morgan fingerprint density at radius 1 is 1.31 bits per heavy atom. The molecule has 0 bridgehead atoms. The molecule has 7 heteroatoms. The van der Waals surface area contributed by atoms with Gasteiger partial charge in [-0.25, -0.2) is 4.39 Å². The van der Waals surface area contributed by atoms with Crippen molar-refractivity contribution in [3.05, 3.63) is 30.1 Å². The quantitative estimate of drug-likeness (QED) is 0.702. The average molecular weight is 379 g/mol. The van der Waals surface area contributed by atoms with Gasteiger partial charge in [0, 0.05) is 12.1 Å². The van der Waals surface area contributed by atoms with E-state index in [-0.39, 0.29) is 23.0 Å². The number of amides is 1. The first-order valence-electron chi connectivity index (χ1n) is 8.85. The number of rotatable bonds is 8. The van der Waals surface area contributed by atoms with Gasteiger partial charge in [0.2, 0.25) is 5.91 Å². The zero-order valence-electron chi connectivity index (χ0n) is 16.0. The highest BCUT2D eigenvalue weighted by atomic mass is 32.2. The molecule has 2 aromatic rings. The number of nitrogens with one attached hydrogen (secondary N) is 1. The van der Waals surface area contributed by atoms with Gasteiger partial charge in [-0.1, -0.05) is 44.7 Å². The van der Waals surface area contributed by atoms with Gasteiger partial charge in [0.05, 0.1) is 11.3 Å². The van der Waals surface area contributed by atoms with Crippen LogP contribution in [-0.4, -0.2) is 32.0 Å². The van der Waals surface area contributed by atoms with Crippen molar-refractivity contribution in [3.8, 4) is 11.4 Å². The van der Waals surface area contributed by atoms with Crippen LogP contribution in [0.5, 0.6) is 0 Å². The third kappa shape index (κ3) is 5.30. The predicted molar refractivity (Wildman–Crippen MR) is 103 cm³/mol. The molecule has 0 aliphatic heterocycles. The zero-order chi connectivity index (χ0) is 19.3. The number of aromatic nitrogens is 3. The Morgan fingerprint density at radius 3 is 2.62 bits per heavy atom. The lowest BCUT2D eigenvalue weighted by Crippen LogP contribution is -2.43. The molecule has 1 heterocycles. The molecule has 0 aliphatic rings. The minimum Gasteiger partial charge on any atom is -0.351 e. The number of carbonyl (C=O) groups excluding carboxylic acids is 1. The SMILES string of the molecule is CCC(C)(C)NC(=O)CSc1nnc(-c2ccccc2F)n1CC(C)C.